The van der Waals surface area contributed by atoms with E-state index in [1.807, 2.05) is 0 Å². The van der Waals surface area contributed by atoms with Crippen molar-refractivity contribution < 1.29 is 32.6 Å². The van der Waals surface area contributed by atoms with Crippen LogP contribution in [0.3, 0.4) is 0 Å². The van der Waals surface area contributed by atoms with Crippen LogP contribution < -0.4 is 4.74 Å². The Morgan fingerprint density at radius 3 is 2.74 bits per heavy atom. The number of ketones is 1. The largest absolute Gasteiger partial charge is 0.482 e. The number of carbonyl (C=O) groups excluding carboxylic acids is 1. The van der Waals surface area contributed by atoms with Crippen molar-refractivity contribution in [1.82, 2.24) is 4.98 Å². The van der Waals surface area contributed by atoms with Gasteiger partial charge in [0.05, 0.1) is 18.4 Å². The van der Waals surface area contributed by atoms with Gasteiger partial charge in [-0.1, -0.05) is 11.6 Å². The summed E-state index contributed by atoms with van der Waals surface area (Å²) in [7, 11) is 0. The highest BCUT2D eigenvalue weighted by atomic mass is 35.5. The molecular formula is C25H26ClF2NO5. The second-order valence-electron chi connectivity index (χ2n) is 10.8. The molecule has 7 rings (SSSR count). The number of aromatic nitrogens is 1. The van der Waals surface area contributed by atoms with Gasteiger partial charge in [0.1, 0.15) is 11.5 Å². The fourth-order valence-electron chi connectivity index (χ4n) is 6.42. The van der Waals surface area contributed by atoms with Crippen molar-refractivity contribution in [2.24, 2.45) is 5.41 Å². The maximum atomic E-state index is 13.0. The Labute approximate surface area is 200 Å². The van der Waals surface area contributed by atoms with E-state index in [1.165, 1.54) is 0 Å². The third kappa shape index (κ3) is 3.74. The summed E-state index contributed by atoms with van der Waals surface area (Å²) in [5.41, 5.74) is 0.446. The SMILES string of the molecule is CC(F)(F)OC1CC(c2cnc(C34CC(CC(=O)[C@H]5C[C@@H](O)c6cc(Cl)ccc6O5)(C3)C4)o2)C1. The number of hydrogen-bond donors (Lipinski definition) is 1. The molecule has 0 unspecified atom stereocenters. The molecule has 1 aliphatic heterocycles. The van der Waals surface area contributed by atoms with Crippen LogP contribution in [0.4, 0.5) is 8.78 Å². The number of halogens is 3. The van der Waals surface area contributed by atoms with E-state index in [-0.39, 0.29) is 29.0 Å². The second-order valence-corrected chi connectivity index (χ2v) is 11.2. The average molecular weight is 494 g/mol. The van der Waals surface area contributed by atoms with Gasteiger partial charge < -0.3 is 19.0 Å². The van der Waals surface area contributed by atoms with Gasteiger partial charge in [-0.3, -0.25) is 4.79 Å². The van der Waals surface area contributed by atoms with Crippen molar-refractivity contribution in [2.75, 3.05) is 0 Å². The van der Waals surface area contributed by atoms with Crippen molar-refractivity contribution in [3.63, 3.8) is 0 Å². The van der Waals surface area contributed by atoms with Gasteiger partial charge in [-0.2, -0.15) is 8.78 Å². The molecule has 182 valence electrons. The van der Waals surface area contributed by atoms with Crippen LogP contribution >= 0.6 is 11.6 Å². The summed E-state index contributed by atoms with van der Waals surface area (Å²) in [4.78, 5) is 17.5. The zero-order valence-electron chi connectivity index (χ0n) is 18.7. The minimum atomic E-state index is -3.11. The van der Waals surface area contributed by atoms with Gasteiger partial charge in [0.2, 0.25) is 5.89 Å². The van der Waals surface area contributed by atoms with E-state index in [0.717, 1.165) is 31.9 Å². The fraction of sp³-hybridized carbons (Fsp3) is 0.600. The Bertz CT molecular complexity index is 1120. The summed E-state index contributed by atoms with van der Waals surface area (Å²) >= 11 is 6.00. The Morgan fingerprint density at radius 1 is 1.29 bits per heavy atom. The molecule has 34 heavy (non-hydrogen) atoms. The van der Waals surface area contributed by atoms with Gasteiger partial charge in [-0.25, -0.2) is 4.98 Å². The highest BCUT2D eigenvalue weighted by molar-refractivity contribution is 6.30. The Hall–Kier alpha value is -2.03. The number of aliphatic hydroxyl groups excluding tert-OH is 1. The second kappa shape index (κ2) is 7.48. The first-order valence-corrected chi connectivity index (χ1v) is 12.1. The van der Waals surface area contributed by atoms with Crippen LogP contribution in [0.15, 0.2) is 28.8 Å². The van der Waals surface area contributed by atoms with Crippen molar-refractivity contribution in [2.45, 2.75) is 87.6 Å². The normalized spacial score (nSPS) is 35.9. The lowest BCUT2D eigenvalue weighted by Gasteiger charge is -2.69. The lowest BCUT2D eigenvalue weighted by molar-refractivity contribution is -0.264. The molecule has 0 saturated heterocycles. The molecule has 2 aromatic rings. The van der Waals surface area contributed by atoms with Gasteiger partial charge in [0, 0.05) is 41.7 Å². The number of Topliss-reactive ketones (excluding diaryl/α,β-unsaturated/α-hetero) is 1. The first kappa shape index (κ1) is 22.4. The van der Waals surface area contributed by atoms with Gasteiger partial charge in [-0.05, 0) is 55.7 Å². The smallest absolute Gasteiger partial charge is 0.353 e. The number of nitrogens with zero attached hydrogens (tertiary/aromatic N) is 1. The molecule has 9 heteroatoms. The third-order valence-electron chi connectivity index (χ3n) is 7.93. The lowest BCUT2D eigenvalue weighted by atomic mass is 9.34. The van der Waals surface area contributed by atoms with Crippen molar-refractivity contribution in [3.05, 3.63) is 46.6 Å². The first-order valence-electron chi connectivity index (χ1n) is 11.7. The van der Waals surface area contributed by atoms with Gasteiger partial charge in [-0.15, -0.1) is 0 Å². The monoisotopic (exact) mass is 493 g/mol. The zero-order chi connectivity index (χ0) is 23.9. The third-order valence-corrected chi connectivity index (χ3v) is 8.17. The van der Waals surface area contributed by atoms with E-state index >= 15 is 0 Å². The van der Waals surface area contributed by atoms with E-state index in [4.69, 9.17) is 25.5 Å². The maximum Gasteiger partial charge on any atom is 0.353 e. The number of oxazole rings is 1. The molecular weight excluding hydrogens is 468 g/mol. The number of hydrogen-bond acceptors (Lipinski definition) is 6. The molecule has 4 fully saturated rings. The van der Waals surface area contributed by atoms with Crippen LogP contribution in [0.2, 0.25) is 5.02 Å². The van der Waals surface area contributed by atoms with Gasteiger partial charge in [0.15, 0.2) is 11.9 Å². The number of rotatable bonds is 7. The topological polar surface area (TPSA) is 81.8 Å². The number of benzene rings is 1. The molecule has 0 amide bonds. The van der Waals surface area contributed by atoms with E-state index < -0.39 is 24.4 Å². The van der Waals surface area contributed by atoms with Crippen molar-refractivity contribution in [3.8, 4) is 5.75 Å². The molecule has 1 aromatic heterocycles. The fourth-order valence-corrected chi connectivity index (χ4v) is 6.60. The maximum absolute atomic E-state index is 13.0. The highest BCUT2D eigenvalue weighted by Gasteiger charge is 2.71. The molecule has 1 aromatic carbocycles. The number of fused-ring (bicyclic) bond motifs is 1. The number of ether oxygens (including phenoxy) is 2. The minimum absolute atomic E-state index is 0.00859. The first-order chi connectivity index (χ1) is 16.0. The Morgan fingerprint density at radius 2 is 2.03 bits per heavy atom. The predicted octanol–water partition coefficient (Wildman–Crippen LogP) is 5.47. The number of alkyl halides is 2. The van der Waals surface area contributed by atoms with E-state index in [1.54, 1.807) is 24.4 Å². The summed E-state index contributed by atoms with van der Waals surface area (Å²) in [5, 5.41) is 11.0. The highest BCUT2D eigenvalue weighted by Crippen LogP contribution is 2.75. The summed E-state index contributed by atoms with van der Waals surface area (Å²) in [5.74, 6) is 2.00. The summed E-state index contributed by atoms with van der Waals surface area (Å²) in [6, 6.07) is 5.06. The predicted molar refractivity (Wildman–Crippen MR) is 117 cm³/mol. The molecule has 0 spiro atoms. The summed E-state index contributed by atoms with van der Waals surface area (Å²) in [6.45, 7) is 0.758. The average Bonchev–Trinajstić information content (AvgIpc) is 3.14. The molecule has 2 atom stereocenters. The van der Waals surface area contributed by atoms with Crippen LogP contribution in [0.1, 0.15) is 81.1 Å². The zero-order valence-corrected chi connectivity index (χ0v) is 19.5. The molecule has 2 bridgehead atoms. The van der Waals surface area contributed by atoms with Crippen LogP contribution in [-0.4, -0.2) is 34.2 Å². The Kier molecular flexibility index (Phi) is 4.94. The van der Waals surface area contributed by atoms with Crippen LogP contribution in [-0.2, 0) is 14.9 Å². The van der Waals surface area contributed by atoms with E-state index in [0.29, 0.717) is 41.5 Å². The van der Waals surface area contributed by atoms with Crippen molar-refractivity contribution in [1.29, 1.82) is 0 Å². The molecule has 2 heterocycles. The van der Waals surface area contributed by atoms with Crippen LogP contribution in [0.25, 0.3) is 0 Å². The van der Waals surface area contributed by atoms with Crippen LogP contribution in [0, 0.1) is 5.41 Å². The van der Waals surface area contributed by atoms with Gasteiger partial charge in [0.25, 0.3) is 0 Å². The van der Waals surface area contributed by atoms with E-state index in [9.17, 15) is 18.7 Å². The molecule has 6 nitrogen and oxygen atoms in total. The quantitative estimate of drug-likeness (QED) is 0.551. The van der Waals surface area contributed by atoms with Gasteiger partial charge >= 0.3 is 6.11 Å². The van der Waals surface area contributed by atoms with E-state index in [2.05, 4.69) is 4.98 Å². The standard InChI is InChI=1S/C25H26ClF2NO5/c1-23(27,28)34-15-4-13(5-15)21-9-29-22(33-21)25-10-24(11-25,12-25)8-18(31)20-7-17(30)16-6-14(26)2-3-19(16)32-20/h2-3,6,9,13,15,17,20,30H,4-5,7-8,10-12H2,1H3/t13?,15?,17-,20-,24?,25?/m1/s1. The summed E-state index contributed by atoms with van der Waals surface area (Å²) in [6.07, 6.45) is 0.875. The molecule has 4 saturated carbocycles. The molecule has 4 aliphatic carbocycles. The van der Waals surface area contributed by atoms with Crippen molar-refractivity contribution >= 4 is 17.4 Å². The van der Waals surface area contributed by atoms with Crippen LogP contribution in [0.5, 0.6) is 5.75 Å². The summed E-state index contributed by atoms with van der Waals surface area (Å²) < 4.78 is 42.6. The molecule has 5 aliphatic rings. The molecule has 1 N–H and O–H groups in total. The molecule has 0 radical (unpaired) electrons. The Balaban J connectivity index is 1.03. The number of aliphatic hydroxyl groups is 1. The minimum Gasteiger partial charge on any atom is -0.482 e. The number of carbonyl (C=O) groups is 1. The lowest BCUT2D eigenvalue weighted by Crippen LogP contribution is -2.65.